The van der Waals surface area contributed by atoms with E-state index in [9.17, 15) is 26.3 Å². The number of hydrogen-bond acceptors (Lipinski definition) is 1. The van der Waals surface area contributed by atoms with Crippen molar-refractivity contribution in [3.8, 4) is 0 Å². The summed E-state index contributed by atoms with van der Waals surface area (Å²) in [4.78, 5) is 0. The molecule has 7 heteroatoms. The van der Waals surface area contributed by atoms with Crippen molar-refractivity contribution in [1.29, 1.82) is 0 Å². The van der Waals surface area contributed by atoms with Crippen molar-refractivity contribution in [2.24, 2.45) is 0 Å². The molecule has 1 N–H and O–H groups in total. The van der Waals surface area contributed by atoms with Gasteiger partial charge in [-0.15, -0.1) is 0 Å². The first-order valence-electron chi connectivity index (χ1n) is 3.18. The Bertz CT molecular complexity index is 369. The number of aliphatic hydroxyl groups is 1. The molecular weight excluding hydrogens is 214 g/mol. The molecule has 0 radical (unpaired) electrons. The summed E-state index contributed by atoms with van der Waals surface area (Å²) in [6.07, 6.45) is -4.76. The number of alkyl halides is 2. The van der Waals surface area contributed by atoms with Crippen molar-refractivity contribution in [2.75, 3.05) is 0 Å². The maximum Gasteiger partial charge on any atom is 0.383 e. The second-order valence-corrected chi connectivity index (χ2v) is 2.39. The van der Waals surface area contributed by atoms with E-state index < -0.39 is 34.9 Å². The number of benzene rings is 1. The minimum atomic E-state index is -4.76. The average Bonchev–Trinajstić information content (AvgIpc) is 2.06. The predicted octanol–water partition coefficient (Wildman–Crippen LogP) is 2.28. The van der Waals surface area contributed by atoms with Gasteiger partial charge in [-0.1, -0.05) is 0 Å². The van der Waals surface area contributed by atoms with E-state index in [1.165, 1.54) is 0 Å². The molecule has 0 aliphatic heterocycles. The lowest BCUT2D eigenvalue weighted by Crippen LogP contribution is -2.16. The molecule has 0 aliphatic rings. The van der Waals surface area contributed by atoms with Crippen molar-refractivity contribution in [2.45, 2.75) is 6.11 Å². The number of rotatable bonds is 1. The maximum atomic E-state index is 12.5. The minimum absolute atomic E-state index is 0.312. The van der Waals surface area contributed by atoms with Gasteiger partial charge in [0.2, 0.25) is 0 Å². The molecule has 0 fully saturated rings. The third-order valence-electron chi connectivity index (χ3n) is 1.43. The van der Waals surface area contributed by atoms with Crippen molar-refractivity contribution in [3.05, 3.63) is 34.9 Å². The Labute approximate surface area is 73.6 Å². The van der Waals surface area contributed by atoms with E-state index in [0.29, 0.717) is 0 Å². The van der Waals surface area contributed by atoms with Crippen molar-refractivity contribution in [1.82, 2.24) is 0 Å². The molecule has 0 spiro atoms. The van der Waals surface area contributed by atoms with Crippen molar-refractivity contribution < 1.29 is 31.4 Å². The third kappa shape index (κ3) is 1.67. The lowest BCUT2D eigenvalue weighted by molar-refractivity contribution is -0.211. The second-order valence-electron chi connectivity index (χ2n) is 2.39. The fourth-order valence-electron chi connectivity index (χ4n) is 0.792. The molecule has 1 aromatic rings. The molecule has 0 saturated carbocycles. The molecule has 0 unspecified atom stereocenters. The predicted molar refractivity (Wildman–Crippen MR) is 32.4 cm³/mol. The molecule has 1 aromatic carbocycles. The van der Waals surface area contributed by atoms with Crippen LogP contribution in [-0.4, -0.2) is 5.11 Å². The van der Waals surface area contributed by atoms with E-state index in [0.717, 1.165) is 0 Å². The summed E-state index contributed by atoms with van der Waals surface area (Å²) >= 11 is 0. The highest BCUT2D eigenvalue weighted by atomic mass is 19.3. The highest BCUT2D eigenvalue weighted by Crippen LogP contribution is 2.30. The Morgan fingerprint density at radius 1 is 0.929 bits per heavy atom. The Morgan fingerprint density at radius 2 is 1.43 bits per heavy atom. The Hall–Kier alpha value is -1.24. The topological polar surface area (TPSA) is 20.2 Å². The van der Waals surface area contributed by atoms with Crippen LogP contribution in [0, 0.1) is 23.3 Å². The van der Waals surface area contributed by atoms with Gasteiger partial charge in [0, 0.05) is 0 Å². The Balaban J connectivity index is 3.49. The summed E-state index contributed by atoms with van der Waals surface area (Å²) in [7, 11) is 0. The van der Waals surface area contributed by atoms with E-state index in [-0.39, 0.29) is 6.07 Å². The quantitative estimate of drug-likeness (QED) is 0.433. The van der Waals surface area contributed by atoms with Crippen molar-refractivity contribution in [3.63, 3.8) is 0 Å². The van der Waals surface area contributed by atoms with E-state index in [1.54, 1.807) is 0 Å². The van der Waals surface area contributed by atoms with Crippen LogP contribution in [0.25, 0.3) is 0 Å². The molecule has 0 aromatic heterocycles. The fourth-order valence-corrected chi connectivity index (χ4v) is 0.792. The van der Waals surface area contributed by atoms with Gasteiger partial charge in [0.1, 0.15) is 0 Å². The monoisotopic (exact) mass is 216 g/mol. The van der Waals surface area contributed by atoms with Crippen molar-refractivity contribution >= 4 is 0 Å². The molecule has 14 heavy (non-hydrogen) atoms. The van der Waals surface area contributed by atoms with Gasteiger partial charge in [-0.2, -0.15) is 8.78 Å². The second kappa shape index (κ2) is 3.16. The standard InChI is InChI=1S/C7H2F6O/c8-3-1-2(7(12,13)14)4(9)6(11)5(3)10/h1,14H. The molecular formula is C7H2F6O. The van der Waals surface area contributed by atoms with Gasteiger partial charge in [-0.05, 0) is 6.07 Å². The van der Waals surface area contributed by atoms with E-state index in [2.05, 4.69) is 0 Å². The molecule has 1 rings (SSSR count). The van der Waals surface area contributed by atoms with E-state index in [1.807, 2.05) is 0 Å². The van der Waals surface area contributed by atoms with Crippen LogP contribution < -0.4 is 0 Å². The van der Waals surface area contributed by atoms with Crippen LogP contribution in [0.2, 0.25) is 0 Å². The van der Waals surface area contributed by atoms with Crippen LogP contribution >= 0.6 is 0 Å². The first-order valence-corrected chi connectivity index (χ1v) is 3.18. The van der Waals surface area contributed by atoms with E-state index >= 15 is 0 Å². The van der Waals surface area contributed by atoms with Crippen LogP contribution in [-0.2, 0) is 6.11 Å². The summed E-state index contributed by atoms with van der Waals surface area (Å²) in [6.45, 7) is 0. The number of hydrogen-bond donors (Lipinski definition) is 1. The SMILES string of the molecule is OC(F)(F)c1cc(F)c(F)c(F)c1F. The number of halogens is 6. The largest absolute Gasteiger partial charge is 0.383 e. The summed E-state index contributed by atoms with van der Waals surface area (Å²) < 4.78 is 73.6. The normalized spacial score (nSPS) is 11.9. The van der Waals surface area contributed by atoms with Crippen LogP contribution in [0.4, 0.5) is 26.3 Å². The zero-order chi connectivity index (χ0) is 11.1. The van der Waals surface area contributed by atoms with Crippen LogP contribution in [0.5, 0.6) is 0 Å². The minimum Gasteiger partial charge on any atom is -0.332 e. The summed E-state index contributed by atoms with van der Waals surface area (Å²) in [5.74, 6) is -8.94. The lowest BCUT2D eigenvalue weighted by atomic mass is 10.1. The average molecular weight is 216 g/mol. The molecule has 0 aliphatic carbocycles. The van der Waals surface area contributed by atoms with Gasteiger partial charge in [0.25, 0.3) is 0 Å². The molecule has 0 bridgehead atoms. The van der Waals surface area contributed by atoms with Gasteiger partial charge in [-0.3, -0.25) is 0 Å². The first kappa shape index (κ1) is 10.8. The molecule has 1 nitrogen and oxygen atoms in total. The summed E-state index contributed by atoms with van der Waals surface area (Å²) in [6, 6.07) is -0.312. The summed E-state index contributed by atoms with van der Waals surface area (Å²) in [5.41, 5.74) is -1.95. The molecule has 0 amide bonds. The first-order chi connectivity index (χ1) is 6.25. The fraction of sp³-hybridized carbons (Fsp3) is 0.143. The maximum absolute atomic E-state index is 12.5. The van der Waals surface area contributed by atoms with Gasteiger partial charge in [0.15, 0.2) is 23.3 Å². The summed E-state index contributed by atoms with van der Waals surface area (Å²) in [5, 5.41) is 7.98. The molecule has 0 heterocycles. The molecule has 0 atom stereocenters. The third-order valence-corrected chi connectivity index (χ3v) is 1.43. The molecule has 78 valence electrons. The van der Waals surface area contributed by atoms with Gasteiger partial charge in [-0.25, -0.2) is 17.6 Å². The van der Waals surface area contributed by atoms with E-state index in [4.69, 9.17) is 5.11 Å². The lowest BCUT2D eigenvalue weighted by Gasteiger charge is -2.10. The molecule has 0 saturated heterocycles. The Morgan fingerprint density at radius 3 is 1.86 bits per heavy atom. The van der Waals surface area contributed by atoms with Gasteiger partial charge in [0.05, 0.1) is 5.56 Å². The van der Waals surface area contributed by atoms with Crippen LogP contribution in [0.3, 0.4) is 0 Å². The Kier molecular flexibility index (Phi) is 2.45. The zero-order valence-electron chi connectivity index (χ0n) is 6.29. The zero-order valence-corrected chi connectivity index (χ0v) is 6.29. The highest BCUT2D eigenvalue weighted by Gasteiger charge is 2.35. The van der Waals surface area contributed by atoms with Gasteiger partial charge >= 0.3 is 6.11 Å². The van der Waals surface area contributed by atoms with Crippen LogP contribution in [0.15, 0.2) is 6.07 Å². The van der Waals surface area contributed by atoms with Gasteiger partial charge < -0.3 is 5.11 Å². The highest BCUT2D eigenvalue weighted by molar-refractivity contribution is 5.24. The smallest absolute Gasteiger partial charge is 0.332 e. The van der Waals surface area contributed by atoms with Crippen LogP contribution in [0.1, 0.15) is 5.56 Å².